The van der Waals surface area contributed by atoms with Crippen LogP contribution in [0, 0.1) is 0 Å². The molecule has 48 valence electrons. The molecule has 9 heavy (non-hydrogen) atoms. The van der Waals surface area contributed by atoms with Crippen LogP contribution >= 0.6 is 0 Å². The summed E-state index contributed by atoms with van der Waals surface area (Å²) >= 11 is 0. The average Bonchev–Trinajstić information content (AvgIpc) is 2.18. The van der Waals surface area contributed by atoms with Crippen molar-refractivity contribution in [1.82, 2.24) is 0 Å². The van der Waals surface area contributed by atoms with Crippen LogP contribution in [0.5, 0.6) is 0 Å². The van der Waals surface area contributed by atoms with Crippen molar-refractivity contribution in [1.29, 1.82) is 0 Å². The minimum Gasteiger partial charge on any atom is -0.299 e. The summed E-state index contributed by atoms with van der Waals surface area (Å²) in [7, 11) is 0. The molecule has 0 aliphatic heterocycles. The predicted octanol–water partition coefficient (Wildman–Crippen LogP) is 1.42. The third-order valence-electron chi connectivity index (χ3n) is 1.46. The molecule has 0 aromatic rings. The first-order valence-corrected chi connectivity index (χ1v) is 2.91. The number of Topliss-reactive ketones (excluding diaryl/α,β-unsaturated/α-hetero) is 1. The molecule has 1 aliphatic rings. The SMILES string of the molecule is [N-]=[N+]=NC1CCCC1=O. The van der Waals surface area contributed by atoms with Gasteiger partial charge in [-0.05, 0) is 18.4 Å². The second-order valence-corrected chi connectivity index (χ2v) is 2.08. The van der Waals surface area contributed by atoms with Crippen LogP contribution in [0.3, 0.4) is 0 Å². The molecule has 1 fully saturated rings. The van der Waals surface area contributed by atoms with E-state index in [4.69, 9.17) is 5.53 Å². The Morgan fingerprint density at radius 2 is 2.56 bits per heavy atom. The van der Waals surface area contributed by atoms with Crippen molar-refractivity contribution in [3.8, 4) is 0 Å². The number of carbonyl (C=O) groups excluding carboxylic acids is 1. The Bertz CT molecular complexity index is 171. The van der Waals surface area contributed by atoms with Gasteiger partial charge in [0.25, 0.3) is 0 Å². The Labute approximate surface area is 52.5 Å². The molecule has 1 aliphatic carbocycles. The van der Waals surface area contributed by atoms with Gasteiger partial charge in [-0.3, -0.25) is 4.79 Å². The highest BCUT2D eigenvalue weighted by Crippen LogP contribution is 2.17. The second-order valence-electron chi connectivity index (χ2n) is 2.08. The maximum absolute atomic E-state index is 10.7. The molecule has 0 aromatic heterocycles. The summed E-state index contributed by atoms with van der Waals surface area (Å²) in [5.74, 6) is 0.0906. The van der Waals surface area contributed by atoms with Gasteiger partial charge < -0.3 is 0 Å². The number of hydrogen-bond donors (Lipinski definition) is 0. The van der Waals surface area contributed by atoms with Crippen LogP contribution in [0.25, 0.3) is 10.4 Å². The van der Waals surface area contributed by atoms with E-state index < -0.39 is 0 Å². The molecule has 0 amide bonds. The molecule has 0 saturated heterocycles. The molecule has 1 unspecified atom stereocenters. The summed E-state index contributed by atoms with van der Waals surface area (Å²) in [4.78, 5) is 13.3. The van der Waals surface area contributed by atoms with E-state index >= 15 is 0 Å². The van der Waals surface area contributed by atoms with Crippen molar-refractivity contribution in [3.05, 3.63) is 10.4 Å². The van der Waals surface area contributed by atoms with Gasteiger partial charge in [0.1, 0.15) is 5.78 Å². The monoisotopic (exact) mass is 125 g/mol. The molecule has 4 nitrogen and oxygen atoms in total. The number of rotatable bonds is 1. The van der Waals surface area contributed by atoms with E-state index in [-0.39, 0.29) is 11.8 Å². The number of carbonyl (C=O) groups is 1. The first-order valence-electron chi connectivity index (χ1n) is 2.91. The zero-order chi connectivity index (χ0) is 6.69. The van der Waals surface area contributed by atoms with Crippen LogP contribution in [0.4, 0.5) is 0 Å². The van der Waals surface area contributed by atoms with Crippen molar-refractivity contribution in [3.63, 3.8) is 0 Å². The summed E-state index contributed by atoms with van der Waals surface area (Å²) in [6.45, 7) is 0. The molecule has 0 N–H and O–H groups in total. The molecular weight excluding hydrogens is 118 g/mol. The molecule has 0 radical (unpaired) electrons. The zero-order valence-corrected chi connectivity index (χ0v) is 4.95. The van der Waals surface area contributed by atoms with Crippen LogP contribution in [-0.2, 0) is 4.79 Å². The fraction of sp³-hybridized carbons (Fsp3) is 0.800. The quantitative estimate of drug-likeness (QED) is 0.297. The fourth-order valence-electron chi connectivity index (χ4n) is 0.982. The van der Waals surface area contributed by atoms with Crippen molar-refractivity contribution in [2.24, 2.45) is 5.11 Å². The highest BCUT2D eigenvalue weighted by Gasteiger charge is 2.22. The Kier molecular flexibility index (Phi) is 1.70. The van der Waals surface area contributed by atoms with Gasteiger partial charge in [0.15, 0.2) is 0 Å². The minimum absolute atomic E-state index is 0.0906. The number of ketones is 1. The first-order chi connectivity index (χ1) is 4.34. The van der Waals surface area contributed by atoms with Gasteiger partial charge in [-0.25, -0.2) is 0 Å². The average molecular weight is 125 g/mol. The molecule has 4 heteroatoms. The molecule has 0 heterocycles. The lowest BCUT2D eigenvalue weighted by atomic mass is 10.3. The highest BCUT2D eigenvalue weighted by atomic mass is 16.1. The van der Waals surface area contributed by atoms with Crippen LogP contribution in [0.2, 0.25) is 0 Å². The van der Waals surface area contributed by atoms with Crippen LogP contribution in [-0.4, -0.2) is 11.8 Å². The van der Waals surface area contributed by atoms with Gasteiger partial charge in [-0.2, -0.15) is 0 Å². The maximum atomic E-state index is 10.7. The Hall–Kier alpha value is -1.02. The molecular formula is C5H7N3O. The molecule has 1 saturated carbocycles. The minimum atomic E-state index is -0.352. The van der Waals surface area contributed by atoms with Crippen LogP contribution in [0.1, 0.15) is 19.3 Å². The van der Waals surface area contributed by atoms with Crippen LogP contribution in [0.15, 0.2) is 5.11 Å². The predicted molar refractivity (Wildman–Crippen MR) is 31.8 cm³/mol. The van der Waals surface area contributed by atoms with Crippen LogP contribution < -0.4 is 0 Å². The fourth-order valence-corrected chi connectivity index (χ4v) is 0.982. The van der Waals surface area contributed by atoms with E-state index in [2.05, 4.69) is 10.0 Å². The zero-order valence-electron chi connectivity index (χ0n) is 4.95. The number of azide groups is 1. The number of hydrogen-bond acceptors (Lipinski definition) is 2. The van der Waals surface area contributed by atoms with E-state index in [0.29, 0.717) is 6.42 Å². The van der Waals surface area contributed by atoms with Gasteiger partial charge >= 0.3 is 0 Å². The maximum Gasteiger partial charge on any atom is 0.141 e. The van der Waals surface area contributed by atoms with E-state index in [1.54, 1.807) is 0 Å². The van der Waals surface area contributed by atoms with E-state index in [9.17, 15) is 4.79 Å². The van der Waals surface area contributed by atoms with Crippen molar-refractivity contribution >= 4 is 5.78 Å². The van der Waals surface area contributed by atoms with Crippen molar-refractivity contribution < 1.29 is 4.79 Å². The van der Waals surface area contributed by atoms with Gasteiger partial charge in [-0.1, -0.05) is 5.11 Å². The lowest BCUT2D eigenvalue weighted by Gasteiger charge is -1.92. The summed E-state index contributed by atoms with van der Waals surface area (Å²) in [6, 6.07) is -0.352. The largest absolute Gasteiger partial charge is 0.299 e. The number of nitrogens with zero attached hydrogens (tertiary/aromatic N) is 3. The smallest absolute Gasteiger partial charge is 0.141 e. The van der Waals surface area contributed by atoms with Crippen molar-refractivity contribution in [2.45, 2.75) is 25.3 Å². The molecule has 0 aromatic carbocycles. The van der Waals surface area contributed by atoms with Gasteiger partial charge in [-0.15, -0.1) is 0 Å². The molecule has 1 atom stereocenters. The standard InChI is InChI=1S/C5H7N3O/c6-8-7-4-2-1-3-5(4)9/h4H,1-3H2. The Balaban J connectivity index is 2.59. The van der Waals surface area contributed by atoms with E-state index in [1.807, 2.05) is 0 Å². The Morgan fingerprint density at radius 1 is 1.78 bits per heavy atom. The summed E-state index contributed by atoms with van der Waals surface area (Å²) in [5.41, 5.74) is 7.95. The van der Waals surface area contributed by atoms with E-state index in [1.165, 1.54) is 0 Å². The lowest BCUT2D eigenvalue weighted by Crippen LogP contribution is -2.07. The summed E-state index contributed by atoms with van der Waals surface area (Å²) < 4.78 is 0. The molecule has 0 spiro atoms. The summed E-state index contributed by atoms with van der Waals surface area (Å²) in [6.07, 6.45) is 2.20. The second kappa shape index (κ2) is 2.51. The third-order valence-corrected chi connectivity index (χ3v) is 1.46. The van der Waals surface area contributed by atoms with Gasteiger partial charge in [0.2, 0.25) is 0 Å². The normalized spacial score (nSPS) is 25.8. The summed E-state index contributed by atoms with van der Waals surface area (Å²) in [5, 5.41) is 3.34. The third kappa shape index (κ3) is 1.21. The molecule has 1 rings (SSSR count). The lowest BCUT2D eigenvalue weighted by molar-refractivity contribution is -0.118. The highest BCUT2D eigenvalue weighted by molar-refractivity contribution is 5.85. The first kappa shape index (κ1) is 6.11. The molecule has 0 bridgehead atoms. The van der Waals surface area contributed by atoms with E-state index in [0.717, 1.165) is 12.8 Å². The van der Waals surface area contributed by atoms with Gasteiger partial charge in [0, 0.05) is 11.3 Å². The van der Waals surface area contributed by atoms with Gasteiger partial charge in [0.05, 0.1) is 6.04 Å². The van der Waals surface area contributed by atoms with Crippen molar-refractivity contribution in [2.75, 3.05) is 0 Å². The Morgan fingerprint density at radius 3 is 3.00 bits per heavy atom. The topological polar surface area (TPSA) is 65.8 Å².